The van der Waals surface area contributed by atoms with Gasteiger partial charge in [0.1, 0.15) is 0 Å². The molecular weight excluding hydrogens is 396 g/mol. The zero-order chi connectivity index (χ0) is 22.2. The molecule has 0 aromatic heterocycles. The van der Waals surface area contributed by atoms with Crippen LogP contribution >= 0.6 is 0 Å². The van der Waals surface area contributed by atoms with Gasteiger partial charge in [0, 0.05) is 26.2 Å². The maximum absolute atomic E-state index is 13.4. The minimum Gasteiger partial charge on any atom is -0.340 e. The Kier molecular flexibility index (Phi) is 6.39. The third kappa shape index (κ3) is 4.30. The molecule has 6 heteroatoms. The van der Waals surface area contributed by atoms with E-state index in [1.54, 1.807) is 4.90 Å². The molecule has 1 amide bonds. The lowest BCUT2D eigenvalue weighted by molar-refractivity contribution is -0.131. The highest BCUT2D eigenvalue weighted by Gasteiger charge is 2.32. The Morgan fingerprint density at radius 1 is 0.800 bits per heavy atom. The topological polar surface area (TPSA) is 57.7 Å². The third-order valence-corrected chi connectivity index (χ3v) is 8.59. The molecule has 0 atom stereocenters. The second-order valence-corrected chi connectivity index (χ2v) is 10.3. The maximum atomic E-state index is 13.4. The summed E-state index contributed by atoms with van der Waals surface area (Å²) in [6, 6.07) is 8.12. The Morgan fingerprint density at radius 2 is 1.37 bits per heavy atom. The summed E-state index contributed by atoms with van der Waals surface area (Å²) in [5.74, 6) is 0.0501. The SMILES string of the molecule is Cc1ccc(CC(=O)N2CCN(S(=O)(=O)c3c(C)c(C)cc(C)c3C)CC2)cc1C. The number of amides is 1. The lowest BCUT2D eigenvalue weighted by atomic mass is 10.0. The van der Waals surface area contributed by atoms with Gasteiger partial charge in [-0.1, -0.05) is 24.3 Å². The van der Waals surface area contributed by atoms with E-state index in [9.17, 15) is 13.2 Å². The number of nitrogens with zero attached hydrogens (tertiary/aromatic N) is 2. The third-order valence-electron chi connectivity index (χ3n) is 6.41. The molecule has 0 spiro atoms. The van der Waals surface area contributed by atoms with Gasteiger partial charge in [0.05, 0.1) is 11.3 Å². The van der Waals surface area contributed by atoms with Crippen LogP contribution in [0.4, 0.5) is 0 Å². The largest absolute Gasteiger partial charge is 0.340 e. The van der Waals surface area contributed by atoms with Crippen molar-refractivity contribution in [2.75, 3.05) is 26.2 Å². The van der Waals surface area contributed by atoms with Crippen molar-refractivity contribution in [1.82, 2.24) is 9.21 Å². The molecule has 0 radical (unpaired) electrons. The Labute approximate surface area is 180 Å². The van der Waals surface area contributed by atoms with Crippen LogP contribution in [-0.4, -0.2) is 49.7 Å². The summed E-state index contributed by atoms with van der Waals surface area (Å²) in [5, 5.41) is 0. The second kappa shape index (κ2) is 8.52. The molecule has 2 aromatic rings. The highest BCUT2D eigenvalue weighted by molar-refractivity contribution is 7.89. The van der Waals surface area contributed by atoms with Crippen LogP contribution in [0, 0.1) is 41.5 Å². The summed E-state index contributed by atoms with van der Waals surface area (Å²) in [7, 11) is -3.59. The maximum Gasteiger partial charge on any atom is 0.243 e. The normalized spacial score (nSPS) is 15.5. The summed E-state index contributed by atoms with van der Waals surface area (Å²) < 4.78 is 28.3. The van der Waals surface area contributed by atoms with E-state index in [4.69, 9.17) is 0 Å². The highest BCUT2D eigenvalue weighted by Crippen LogP contribution is 2.29. The second-order valence-electron chi connectivity index (χ2n) is 8.47. The van der Waals surface area contributed by atoms with E-state index in [2.05, 4.69) is 13.0 Å². The first kappa shape index (κ1) is 22.5. The van der Waals surface area contributed by atoms with Crippen molar-refractivity contribution in [3.05, 3.63) is 63.2 Å². The van der Waals surface area contributed by atoms with Gasteiger partial charge < -0.3 is 4.90 Å². The van der Waals surface area contributed by atoms with E-state index in [1.165, 1.54) is 15.4 Å². The minimum atomic E-state index is -3.59. The van der Waals surface area contributed by atoms with E-state index in [1.807, 2.05) is 52.8 Å². The van der Waals surface area contributed by atoms with Crippen molar-refractivity contribution >= 4 is 15.9 Å². The molecule has 0 aliphatic carbocycles. The average Bonchev–Trinajstić information content (AvgIpc) is 2.69. The predicted molar refractivity (Wildman–Crippen MR) is 120 cm³/mol. The highest BCUT2D eigenvalue weighted by atomic mass is 32.2. The van der Waals surface area contributed by atoms with Crippen LogP contribution in [0.1, 0.15) is 38.9 Å². The standard InChI is InChI=1S/C24H32N2O3S/c1-16-7-8-22(14-17(16)2)15-23(27)25-9-11-26(12-10-25)30(28,29)24-20(5)18(3)13-19(4)21(24)6/h7-8,13-14H,9-12,15H2,1-6H3. The fourth-order valence-electron chi connectivity index (χ4n) is 4.07. The number of sulfonamides is 1. The quantitative estimate of drug-likeness (QED) is 0.747. The molecule has 1 heterocycles. The number of carbonyl (C=O) groups excluding carboxylic acids is 1. The number of benzene rings is 2. The van der Waals surface area contributed by atoms with Crippen LogP contribution in [0.2, 0.25) is 0 Å². The molecule has 1 saturated heterocycles. The first-order valence-electron chi connectivity index (χ1n) is 10.4. The monoisotopic (exact) mass is 428 g/mol. The zero-order valence-corrected chi connectivity index (χ0v) is 19.7. The van der Waals surface area contributed by atoms with Gasteiger partial charge in [0.2, 0.25) is 15.9 Å². The molecule has 1 aliphatic rings. The van der Waals surface area contributed by atoms with E-state index < -0.39 is 10.0 Å². The number of hydrogen-bond donors (Lipinski definition) is 0. The average molecular weight is 429 g/mol. The van der Waals surface area contributed by atoms with E-state index in [0.29, 0.717) is 37.5 Å². The van der Waals surface area contributed by atoms with Gasteiger partial charge in [-0.05, 0) is 80.5 Å². The van der Waals surface area contributed by atoms with Gasteiger partial charge in [-0.15, -0.1) is 0 Å². The van der Waals surface area contributed by atoms with Crippen molar-refractivity contribution in [3.8, 4) is 0 Å². The Bertz CT molecular complexity index is 1060. The Hall–Kier alpha value is -2.18. The van der Waals surface area contributed by atoms with E-state index >= 15 is 0 Å². The Balaban J connectivity index is 1.72. The number of piperazine rings is 1. The molecule has 0 bridgehead atoms. The smallest absolute Gasteiger partial charge is 0.243 e. The zero-order valence-electron chi connectivity index (χ0n) is 18.9. The number of hydrogen-bond acceptors (Lipinski definition) is 3. The summed E-state index contributed by atoms with van der Waals surface area (Å²) in [5.41, 5.74) is 6.98. The van der Waals surface area contributed by atoms with Crippen LogP contribution < -0.4 is 0 Å². The van der Waals surface area contributed by atoms with Crippen molar-refractivity contribution in [2.45, 2.75) is 52.9 Å². The lowest BCUT2D eigenvalue weighted by Crippen LogP contribution is -2.51. The summed E-state index contributed by atoms with van der Waals surface area (Å²) >= 11 is 0. The van der Waals surface area contributed by atoms with E-state index in [-0.39, 0.29) is 5.91 Å². The Morgan fingerprint density at radius 3 is 1.90 bits per heavy atom. The van der Waals surface area contributed by atoms with Gasteiger partial charge in [0.15, 0.2) is 0 Å². The predicted octanol–water partition coefficient (Wildman–Crippen LogP) is 3.61. The molecule has 3 rings (SSSR count). The fourth-order valence-corrected chi connectivity index (χ4v) is 6.07. The van der Waals surface area contributed by atoms with Gasteiger partial charge in [0.25, 0.3) is 0 Å². The van der Waals surface area contributed by atoms with E-state index in [0.717, 1.165) is 27.8 Å². The first-order valence-corrected chi connectivity index (χ1v) is 11.9. The molecule has 2 aromatic carbocycles. The molecule has 1 fully saturated rings. The summed E-state index contributed by atoms with van der Waals surface area (Å²) in [6.07, 6.45) is 0.350. The van der Waals surface area contributed by atoms with Gasteiger partial charge in [-0.3, -0.25) is 4.79 Å². The molecule has 0 N–H and O–H groups in total. The fraction of sp³-hybridized carbons (Fsp3) is 0.458. The number of rotatable bonds is 4. The van der Waals surface area contributed by atoms with Crippen molar-refractivity contribution in [2.24, 2.45) is 0 Å². The van der Waals surface area contributed by atoms with Gasteiger partial charge in [-0.25, -0.2) is 8.42 Å². The summed E-state index contributed by atoms with van der Waals surface area (Å²) in [4.78, 5) is 15.0. The van der Waals surface area contributed by atoms with Crippen molar-refractivity contribution < 1.29 is 13.2 Å². The molecule has 162 valence electrons. The molecule has 1 aliphatic heterocycles. The van der Waals surface area contributed by atoms with Crippen molar-refractivity contribution in [3.63, 3.8) is 0 Å². The van der Waals surface area contributed by atoms with Crippen LogP contribution in [-0.2, 0) is 21.2 Å². The number of carbonyl (C=O) groups is 1. The molecule has 5 nitrogen and oxygen atoms in total. The molecule has 30 heavy (non-hydrogen) atoms. The molecule has 0 saturated carbocycles. The molecular formula is C24H32N2O3S. The lowest BCUT2D eigenvalue weighted by Gasteiger charge is -2.35. The number of aryl methyl sites for hydroxylation is 4. The van der Waals surface area contributed by atoms with Gasteiger partial charge >= 0.3 is 0 Å². The summed E-state index contributed by atoms with van der Waals surface area (Å²) in [6.45, 7) is 13.2. The van der Waals surface area contributed by atoms with Crippen LogP contribution in [0.3, 0.4) is 0 Å². The van der Waals surface area contributed by atoms with Crippen LogP contribution in [0.25, 0.3) is 0 Å². The molecule has 0 unspecified atom stereocenters. The van der Waals surface area contributed by atoms with Crippen molar-refractivity contribution in [1.29, 1.82) is 0 Å². The van der Waals surface area contributed by atoms with Gasteiger partial charge in [-0.2, -0.15) is 4.31 Å². The van der Waals surface area contributed by atoms with Crippen LogP contribution in [0.15, 0.2) is 29.2 Å². The van der Waals surface area contributed by atoms with Crippen LogP contribution in [0.5, 0.6) is 0 Å². The first-order chi connectivity index (χ1) is 14.0. The minimum absolute atomic E-state index is 0.0501.